The van der Waals surface area contributed by atoms with Crippen molar-refractivity contribution in [3.63, 3.8) is 0 Å². The number of aliphatic hydroxyl groups is 1. The first-order valence-electron chi connectivity index (χ1n) is 9.70. The third-order valence-corrected chi connectivity index (χ3v) is 5.46. The van der Waals surface area contributed by atoms with Gasteiger partial charge in [0.1, 0.15) is 12.2 Å². The molecule has 0 aliphatic heterocycles. The van der Waals surface area contributed by atoms with E-state index in [9.17, 15) is 19.9 Å². The summed E-state index contributed by atoms with van der Waals surface area (Å²) in [6.45, 7) is 5.33. The van der Waals surface area contributed by atoms with Crippen LogP contribution in [-0.2, 0) is 11.3 Å². The second-order valence-corrected chi connectivity index (χ2v) is 8.60. The van der Waals surface area contributed by atoms with Crippen LogP contribution in [0, 0.1) is 5.21 Å². The van der Waals surface area contributed by atoms with E-state index in [1.165, 1.54) is 4.52 Å². The zero-order chi connectivity index (χ0) is 20.2. The van der Waals surface area contributed by atoms with Gasteiger partial charge in [-0.25, -0.2) is 9.20 Å². The molecule has 2 saturated carbocycles. The van der Waals surface area contributed by atoms with E-state index in [1.54, 1.807) is 6.92 Å². The number of nitrogens with two attached hydrogens (primary N) is 1. The van der Waals surface area contributed by atoms with E-state index in [4.69, 9.17) is 0 Å². The van der Waals surface area contributed by atoms with Gasteiger partial charge < -0.3 is 21.1 Å². The van der Waals surface area contributed by atoms with Crippen LogP contribution in [0.3, 0.4) is 0 Å². The van der Waals surface area contributed by atoms with E-state index in [2.05, 4.69) is 15.5 Å². The minimum absolute atomic E-state index is 0.0504. The van der Waals surface area contributed by atoms with Crippen molar-refractivity contribution in [3.8, 4) is 0 Å². The lowest BCUT2D eigenvalue weighted by atomic mass is 9.77. The van der Waals surface area contributed by atoms with Gasteiger partial charge in [-0.15, -0.1) is 0 Å². The molecule has 2 aromatic heterocycles. The van der Waals surface area contributed by atoms with E-state index in [0.29, 0.717) is 35.5 Å². The Labute approximate surface area is 161 Å². The van der Waals surface area contributed by atoms with Gasteiger partial charge in [0.15, 0.2) is 17.0 Å². The number of carbonyl (C=O) groups is 1. The molecule has 0 bridgehead atoms. The zero-order valence-corrected chi connectivity index (χ0v) is 16.3. The van der Waals surface area contributed by atoms with Gasteiger partial charge in [0.2, 0.25) is 5.91 Å². The lowest BCUT2D eigenvalue weighted by molar-refractivity contribution is -0.496. The van der Waals surface area contributed by atoms with Gasteiger partial charge in [-0.05, 0) is 32.6 Å². The van der Waals surface area contributed by atoms with Crippen LogP contribution in [0.4, 0.5) is 5.69 Å². The van der Waals surface area contributed by atoms with Crippen molar-refractivity contribution in [3.05, 3.63) is 27.1 Å². The van der Waals surface area contributed by atoms with Gasteiger partial charge in [-0.2, -0.15) is 10.2 Å². The number of fused-ring (bicyclic) bond motifs is 1. The summed E-state index contributed by atoms with van der Waals surface area (Å²) in [6.07, 6.45) is 2.88. The highest BCUT2D eigenvalue weighted by molar-refractivity contribution is 5.76. The van der Waals surface area contributed by atoms with Crippen molar-refractivity contribution >= 4 is 17.1 Å². The molecule has 2 heterocycles. The highest BCUT2D eigenvalue weighted by atomic mass is 16.5. The van der Waals surface area contributed by atoms with Crippen molar-refractivity contribution in [2.75, 3.05) is 0 Å². The molecule has 10 nitrogen and oxygen atoms in total. The predicted octanol–water partition coefficient (Wildman–Crippen LogP) is -0.386. The number of aromatic nitrogens is 4. The molecule has 0 radical (unpaired) electrons. The fourth-order valence-electron chi connectivity index (χ4n) is 3.91. The Hall–Kier alpha value is -2.30. The van der Waals surface area contributed by atoms with Crippen molar-refractivity contribution in [1.82, 2.24) is 24.7 Å². The van der Waals surface area contributed by atoms with Crippen LogP contribution < -0.4 is 16.4 Å². The maximum absolute atomic E-state index is 13.0. The molecule has 2 fully saturated rings. The molecule has 0 saturated heterocycles. The molecule has 2 aliphatic carbocycles. The van der Waals surface area contributed by atoms with Gasteiger partial charge >= 0.3 is 0 Å². The van der Waals surface area contributed by atoms with E-state index < -0.39 is 11.2 Å². The molecule has 4 N–H and O–H groups in total. The third kappa shape index (κ3) is 3.31. The lowest BCUT2D eigenvalue weighted by Gasteiger charge is -2.41. The summed E-state index contributed by atoms with van der Waals surface area (Å²) in [5.41, 5.74) is 0.585. The Bertz CT molecular complexity index is 980. The van der Waals surface area contributed by atoms with E-state index in [0.717, 1.165) is 17.5 Å². The number of quaternary nitrogens is 1. The smallest absolute Gasteiger partial charge is 0.299 e. The topological polar surface area (TPSA) is 141 Å². The van der Waals surface area contributed by atoms with Crippen LogP contribution in [0.15, 0.2) is 4.79 Å². The maximum atomic E-state index is 13.0. The molecule has 28 heavy (non-hydrogen) atoms. The highest BCUT2D eigenvalue weighted by Gasteiger charge is 2.39. The van der Waals surface area contributed by atoms with Crippen molar-refractivity contribution in [2.45, 2.75) is 76.5 Å². The van der Waals surface area contributed by atoms with Crippen LogP contribution in [0.25, 0.3) is 5.52 Å². The zero-order valence-electron chi connectivity index (χ0n) is 16.3. The Kier molecular flexibility index (Phi) is 4.52. The fourth-order valence-corrected chi connectivity index (χ4v) is 3.91. The summed E-state index contributed by atoms with van der Waals surface area (Å²) >= 11 is 0. The molecule has 0 aromatic carbocycles. The Morgan fingerprint density at radius 3 is 2.61 bits per heavy atom. The monoisotopic (exact) mass is 390 g/mol. The van der Waals surface area contributed by atoms with E-state index in [1.807, 2.05) is 13.8 Å². The van der Waals surface area contributed by atoms with Crippen LogP contribution in [0.5, 0.6) is 0 Å². The summed E-state index contributed by atoms with van der Waals surface area (Å²) in [5.74, 6) is 0.348. The number of hydrogen-bond donors (Lipinski definition) is 3. The molecule has 4 rings (SSSR count). The van der Waals surface area contributed by atoms with Crippen LogP contribution in [0.1, 0.15) is 69.8 Å². The SMILES string of the molecule is CC(C)c1nn(CC(=O)NC2CC(C)(O)C2)c(=O)c2c([NH2+][O-])c(C3CC3)nn12. The molecule has 152 valence electrons. The molecule has 0 atom stereocenters. The minimum atomic E-state index is -0.744. The van der Waals surface area contributed by atoms with Gasteiger partial charge in [0.05, 0.1) is 5.60 Å². The third-order valence-electron chi connectivity index (χ3n) is 5.46. The Balaban J connectivity index is 1.69. The summed E-state index contributed by atoms with van der Waals surface area (Å²) in [7, 11) is 0. The number of hydrogen-bond acceptors (Lipinski definition) is 6. The van der Waals surface area contributed by atoms with Gasteiger partial charge in [-0.1, -0.05) is 13.8 Å². The van der Waals surface area contributed by atoms with Gasteiger partial charge in [-0.3, -0.25) is 9.59 Å². The van der Waals surface area contributed by atoms with E-state index in [-0.39, 0.29) is 35.8 Å². The minimum Gasteiger partial charge on any atom is -0.630 e. The van der Waals surface area contributed by atoms with Crippen LogP contribution >= 0.6 is 0 Å². The number of amides is 1. The normalized spacial score (nSPS) is 24.6. The van der Waals surface area contributed by atoms with Gasteiger partial charge in [0, 0.05) is 17.9 Å². The van der Waals surface area contributed by atoms with Crippen molar-refractivity contribution < 1.29 is 15.4 Å². The van der Waals surface area contributed by atoms with Crippen molar-refractivity contribution in [2.24, 2.45) is 0 Å². The largest absolute Gasteiger partial charge is 0.630 e. The molecule has 2 aliphatic rings. The summed E-state index contributed by atoms with van der Waals surface area (Å²) in [4.78, 5) is 25.4. The lowest BCUT2D eigenvalue weighted by Crippen LogP contribution is -2.70. The molecular weight excluding hydrogens is 364 g/mol. The molecule has 0 unspecified atom stereocenters. The first-order valence-corrected chi connectivity index (χ1v) is 9.70. The highest BCUT2D eigenvalue weighted by Crippen LogP contribution is 2.42. The predicted molar refractivity (Wildman–Crippen MR) is 100 cm³/mol. The number of nitrogens with zero attached hydrogens (tertiary/aromatic N) is 4. The maximum Gasteiger partial charge on any atom is 0.299 e. The molecular formula is C18H26N6O4. The standard InChI is InChI=1S/C18H26N6O4/c1-9(2)16-21-23(8-12(25)19-11-6-18(3,27)7-11)17(26)15-14(22-28)13(10-4-5-10)20-24(15)16/h9-11,27H,4-8,22H2,1-3H3,(H,19,25). The van der Waals surface area contributed by atoms with Crippen molar-refractivity contribution in [1.29, 1.82) is 0 Å². The average Bonchev–Trinajstić information content (AvgIpc) is 3.35. The van der Waals surface area contributed by atoms with Crippen LogP contribution in [-0.4, -0.2) is 42.1 Å². The summed E-state index contributed by atoms with van der Waals surface area (Å²) in [6, 6.07) is -0.103. The van der Waals surface area contributed by atoms with Gasteiger partial charge in [0.25, 0.3) is 5.56 Å². The fraction of sp³-hybridized carbons (Fsp3) is 0.667. The number of nitrogens with one attached hydrogen (secondary N) is 1. The average molecular weight is 390 g/mol. The number of carbonyl (C=O) groups excluding carboxylic acids is 1. The molecule has 10 heteroatoms. The molecule has 0 spiro atoms. The Morgan fingerprint density at radius 2 is 2.07 bits per heavy atom. The number of rotatable bonds is 6. The first-order chi connectivity index (χ1) is 13.2. The van der Waals surface area contributed by atoms with Crippen LogP contribution in [0.2, 0.25) is 0 Å². The van der Waals surface area contributed by atoms with E-state index >= 15 is 0 Å². The first kappa shape index (κ1) is 19.0. The second-order valence-electron chi connectivity index (χ2n) is 8.60. The second kappa shape index (κ2) is 6.64. The molecule has 2 aromatic rings. The quantitative estimate of drug-likeness (QED) is 0.574. The Morgan fingerprint density at radius 1 is 1.39 bits per heavy atom. The molecule has 1 amide bonds. The summed E-state index contributed by atoms with van der Waals surface area (Å²) in [5, 5.41) is 33.2. The summed E-state index contributed by atoms with van der Waals surface area (Å²) < 4.78 is 2.59.